The number of para-hydroxylation sites is 2. The first-order valence-electron chi connectivity index (χ1n) is 9.82. The van der Waals surface area contributed by atoms with Crippen molar-refractivity contribution in [3.63, 3.8) is 0 Å². The monoisotopic (exact) mass is 530 g/mol. The van der Waals surface area contributed by atoms with Crippen LogP contribution in [0.4, 0.5) is 14.5 Å². The molecule has 1 aliphatic heterocycles. The van der Waals surface area contributed by atoms with Gasteiger partial charge in [0, 0.05) is 38.6 Å². The molecule has 2 atom stereocenters. The van der Waals surface area contributed by atoms with Gasteiger partial charge in [-0.05, 0) is 30.2 Å². The van der Waals surface area contributed by atoms with Crippen molar-refractivity contribution < 1.29 is 13.5 Å². The lowest BCUT2D eigenvalue weighted by atomic mass is 10.0. The third-order valence-corrected chi connectivity index (χ3v) is 5.25. The van der Waals surface area contributed by atoms with E-state index in [0.717, 1.165) is 17.7 Å². The van der Waals surface area contributed by atoms with Gasteiger partial charge in [0.1, 0.15) is 23.1 Å². The maximum absolute atomic E-state index is 14.0. The van der Waals surface area contributed by atoms with Crippen LogP contribution in [0.1, 0.15) is 24.8 Å². The molecule has 5 nitrogen and oxygen atoms in total. The van der Waals surface area contributed by atoms with Gasteiger partial charge in [0.2, 0.25) is 0 Å². The van der Waals surface area contributed by atoms with E-state index in [1.54, 1.807) is 19.1 Å². The van der Waals surface area contributed by atoms with Gasteiger partial charge in [0.15, 0.2) is 5.96 Å². The number of halogens is 3. The quantitative estimate of drug-likeness (QED) is 0.335. The number of guanidine groups is 1. The molecule has 2 aromatic rings. The number of anilines is 1. The van der Waals surface area contributed by atoms with Crippen molar-refractivity contribution in [2.24, 2.45) is 4.99 Å². The predicted octanol–water partition coefficient (Wildman–Crippen LogP) is 4.14. The molecular formula is C22H29F2IN4O. The standard InChI is InChI=1S/C22H28F2N4O.HI/c1-15(17-7-4-5-10-20(17)29-3)13-26-22(25-2)27-16-11-12-28(14-16)21-18(23)8-6-9-19(21)24;/h4-10,15-16H,11-14H2,1-3H3,(H2,25,26,27);1H. The van der Waals surface area contributed by atoms with Crippen LogP contribution in [0.5, 0.6) is 5.75 Å². The second-order valence-corrected chi connectivity index (χ2v) is 7.24. The minimum absolute atomic E-state index is 0. The Kier molecular flexibility index (Phi) is 9.13. The van der Waals surface area contributed by atoms with Gasteiger partial charge in [0.05, 0.1) is 7.11 Å². The first-order chi connectivity index (χ1) is 14.0. The van der Waals surface area contributed by atoms with E-state index in [2.05, 4.69) is 28.6 Å². The van der Waals surface area contributed by atoms with Crippen molar-refractivity contribution in [3.05, 3.63) is 59.7 Å². The van der Waals surface area contributed by atoms with Crippen molar-refractivity contribution in [2.75, 3.05) is 38.7 Å². The highest BCUT2D eigenvalue weighted by Crippen LogP contribution is 2.27. The van der Waals surface area contributed by atoms with Gasteiger partial charge in [-0.2, -0.15) is 0 Å². The van der Waals surface area contributed by atoms with Crippen molar-refractivity contribution in [1.82, 2.24) is 10.6 Å². The van der Waals surface area contributed by atoms with Crippen molar-refractivity contribution in [1.29, 1.82) is 0 Å². The smallest absolute Gasteiger partial charge is 0.191 e. The SMILES string of the molecule is CN=C(NCC(C)c1ccccc1OC)NC1CCN(c2c(F)cccc2F)C1.I. The molecule has 1 aliphatic rings. The molecule has 0 radical (unpaired) electrons. The molecule has 2 N–H and O–H groups in total. The van der Waals surface area contributed by atoms with Crippen LogP contribution >= 0.6 is 24.0 Å². The maximum atomic E-state index is 14.0. The van der Waals surface area contributed by atoms with Crippen LogP contribution in [0.15, 0.2) is 47.5 Å². The summed E-state index contributed by atoms with van der Waals surface area (Å²) < 4.78 is 33.5. The van der Waals surface area contributed by atoms with E-state index in [1.165, 1.54) is 18.2 Å². The number of hydrogen-bond donors (Lipinski definition) is 2. The number of ether oxygens (including phenoxy) is 1. The number of rotatable bonds is 6. The van der Waals surface area contributed by atoms with Crippen LogP contribution in [0, 0.1) is 11.6 Å². The fourth-order valence-electron chi connectivity index (χ4n) is 3.69. The number of aliphatic imine (C=N–C) groups is 1. The maximum Gasteiger partial charge on any atom is 0.191 e. The van der Waals surface area contributed by atoms with Gasteiger partial charge < -0.3 is 20.3 Å². The molecule has 0 spiro atoms. The lowest BCUT2D eigenvalue weighted by molar-refractivity contribution is 0.406. The molecule has 3 rings (SSSR count). The highest BCUT2D eigenvalue weighted by molar-refractivity contribution is 14.0. The molecule has 30 heavy (non-hydrogen) atoms. The van der Waals surface area contributed by atoms with Gasteiger partial charge in [-0.3, -0.25) is 4.99 Å². The van der Waals surface area contributed by atoms with E-state index in [0.29, 0.717) is 25.6 Å². The summed E-state index contributed by atoms with van der Waals surface area (Å²) in [7, 11) is 3.38. The van der Waals surface area contributed by atoms with E-state index in [4.69, 9.17) is 4.74 Å². The summed E-state index contributed by atoms with van der Waals surface area (Å²) >= 11 is 0. The van der Waals surface area contributed by atoms with Crippen LogP contribution < -0.4 is 20.3 Å². The van der Waals surface area contributed by atoms with Gasteiger partial charge in [-0.25, -0.2) is 8.78 Å². The van der Waals surface area contributed by atoms with Gasteiger partial charge in [-0.15, -0.1) is 24.0 Å². The average Bonchev–Trinajstić information content (AvgIpc) is 3.18. The molecule has 0 saturated carbocycles. The van der Waals surface area contributed by atoms with E-state index < -0.39 is 11.6 Å². The Morgan fingerprint density at radius 1 is 1.20 bits per heavy atom. The van der Waals surface area contributed by atoms with Gasteiger partial charge >= 0.3 is 0 Å². The topological polar surface area (TPSA) is 48.9 Å². The first kappa shape index (κ1) is 24.2. The van der Waals surface area contributed by atoms with E-state index in [9.17, 15) is 8.78 Å². The normalized spacial score (nSPS) is 17.3. The van der Waals surface area contributed by atoms with E-state index in [-0.39, 0.29) is 41.6 Å². The van der Waals surface area contributed by atoms with Gasteiger partial charge in [0.25, 0.3) is 0 Å². The Labute approximate surface area is 193 Å². The predicted molar refractivity (Wildman–Crippen MR) is 128 cm³/mol. The number of nitrogens with one attached hydrogen (secondary N) is 2. The molecule has 2 aromatic carbocycles. The van der Waals surface area contributed by atoms with Crippen molar-refractivity contribution in [2.45, 2.75) is 25.3 Å². The number of methoxy groups -OCH3 is 1. The molecule has 8 heteroatoms. The molecule has 2 unspecified atom stereocenters. The Bertz CT molecular complexity index is 845. The minimum atomic E-state index is -0.529. The second kappa shape index (κ2) is 11.3. The molecule has 0 amide bonds. The number of benzene rings is 2. The minimum Gasteiger partial charge on any atom is -0.496 e. The zero-order valence-corrected chi connectivity index (χ0v) is 19.8. The fourth-order valence-corrected chi connectivity index (χ4v) is 3.69. The average molecular weight is 530 g/mol. The molecular weight excluding hydrogens is 501 g/mol. The highest BCUT2D eigenvalue weighted by Gasteiger charge is 2.27. The van der Waals surface area contributed by atoms with Crippen LogP contribution in [0.25, 0.3) is 0 Å². The Balaban J connectivity index is 0.00000320. The van der Waals surface area contributed by atoms with Crippen LogP contribution in [0.3, 0.4) is 0 Å². The third kappa shape index (κ3) is 5.74. The van der Waals surface area contributed by atoms with E-state index >= 15 is 0 Å². The molecule has 0 aliphatic carbocycles. The summed E-state index contributed by atoms with van der Waals surface area (Å²) in [6.07, 6.45) is 0.774. The molecule has 0 bridgehead atoms. The molecule has 1 saturated heterocycles. The lowest BCUT2D eigenvalue weighted by Crippen LogP contribution is -2.45. The summed E-state index contributed by atoms with van der Waals surface area (Å²) in [6.45, 7) is 3.90. The first-order valence-corrected chi connectivity index (χ1v) is 9.82. The second-order valence-electron chi connectivity index (χ2n) is 7.24. The molecule has 164 valence electrons. The highest BCUT2D eigenvalue weighted by atomic mass is 127. The fraction of sp³-hybridized carbons (Fsp3) is 0.409. The molecule has 1 fully saturated rings. The number of nitrogens with zero attached hydrogens (tertiary/aromatic N) is 2. The molecule has 1 heterocycles. The summed E-state index contributed by atoms with van der Waals surface area (Å²) in [4.78, 5) is 6.03. The third-order valence-electron chi connectivity index (χ3n) is 5.25. The van der Waals surface area contributed by atoms with Crippen LogP contribution in [0.2, 0.25) is 0 Å². The summed E-state index contributed by atoms with van der Waals surface area (Å²) in [6, 6.07) is 12.0. The Morgan fingerprint density at radius 2 is 1.90 bits per heavy atom. The molecule has 0 aromatic heterocycles. The zero-order chi connectivity index (χ0) is 20.8. The van der Waals surface area contributed by atoms with E-state index in [1.807, 2.05) is 18.2 Å². The van der Waals surface area contributed by atoms with Crippen LogP contribution in [-0.2, 0) is 0 Å². The zero-order valence-electron chi connectivity index (χ0n) is 17.5. The summed E-state index contributed by atoms with van der Waals surface area (Å²) in [5.41, 5.74) is 1.17. The lowest BCUT2D eigenvalue weighted by Gasteiger charge is -2.22. The van der Waals surface area contributed by atoms with Gasteiger partial charge in [-0.1, -0.05) is 31.2 Å². The summed E-state index contributed by atoms with van der Waals surface area (Å²) in [5.74, 6) is 0.700. The van der Waals surface area contributed by atoms with Crippen LogP contribution in [-0.4, -0.2) is 45.8 Å². The number of hydrogen-bond acceptors (Lipinski definition) is 3. The Morgan fingerprint density at radius 3 is 2.57 bits per heavy atom. The Hall–Kier alpha value is -2.10. The van der Waals surface area contributed by atoms with Crippen molar-refractivity contribution in [3.8, 4) is 5.75 Å². The largest absolute Gasteiger partial charge is 0.496 e. The summed E-state index contributed by atoms with van der Waals surface area (Å²) in [5, 5.41) is 6.70. The van der Waals surface area contributed by atoms with Crippen molar-refractivity contribution >= 4 is 35.6 Å².